The lowest BCUT2D eigenvalue weighted by Gasteiger charge is -2.22. The molecule has 1 aromatic carbocycles. The molecule has 0 aliphatic carbocycles. The van der Waals surface area contributed by atoms with Gasteiger partial charge < -0.3 is 15.7 Å². The highest BCUT2D eigenvalue weighted by atomic mass is 32.2. The van der Waals surface area contributed by atoms with E-state index in [2.05, 4.69) is 10.3 Å². The van der Waals surface area contributed by atoms with Crippen LogP contribution in [0.2, 0.25) is 0 Å². The van der Waals surface area contributed by atoms with Crippen LogP contribution in [-0.4, -0.2) is 56.6 Å². The first-order valence-electron chi connectivity index (χ1n) is 8.70. The standard InChI is InChI=1S/C18H16BF4N3O5S/c1-17(29,16(28)26-13-6-5-11(19)14(25-13)18(21,22)23)8-32(30,31)9-3-4-10(12(20)7-9)15(27)24-2/h3-7,29H,8H2,1-2H3,(H,24,27)(H,25,26,28)/t17-/m0/s1. The Kier molecular flexibility index (Phi) is 7.00. The van der Waals surface area contributed by atoms with E-state index >= 15 is 0 Å². The lowest BCUT2D eigenvalue weighted by molar-refractivity contribution is -0.140. The molecular formula is C18H16BF4N3O5S. The van der Waals surface area contributed by atoms with Crippen LogP contribution in [0.4, 0.5) is 23.4 Å². The number of hydrogen-bond donors (Lipinski definition) is 3. The zero-order chi connectivity index (χ0) is 24.5. The molecule has 0 spiro atoms. The molecule has 0 aliphatic heterocycles. The number of pyridine rings is 1. The Morgan fingerprint density at radius 2 is 1.81 bits per heavy atom. The minimum atomic E-state index is -4.92. The second kappa shape index (κ2) is 8.86. The average Bonchev–Trinajstić information content (AvgIpc) is 2.67. The number of alkyl halides is 3. The second-order valence-corrected chi connectivity index (χ2v) is 8.83. The SMILES string of the molecule is [B]c1ccc(NC(=O)[C@@](C)(O)CS(=O)(=O)c2ccc(C(=O)NC)c(F)c2)nc1C(F)(F)F. The number of carbonyl (C=O) groups excluding carboxylic acids is 2. The van der Waals surface area contributed by atoms with E-state index in [4.69, 9.17) is 7.85 Å². The topological polar surface area (TPSA) is 125 Å². The normalized spacial score (nSPS) is 13.8. The van der Waals surface area contributed by atoms with E-state index in [1.54, 1.807) is 0 Å². The van der Waals surface area contributed by atoms with Crippen LogP contribution < -0.4 is 16.1 Å². The number of nitrogens with zero attached hydrogens (tertiary/aromatic N) is 1. The maximum atomic E-state index is 14.1. The molecule has 2 radical (unpaired) electrons. The van der Waals surface area contributed by atoms with Crippen LogP contribution in [0.15, 0.2) is 35.2 Å². The molecule has 2 aromatic rings. The number of halogens is 4. The molecule has 0 fully saturated rings. The predicted molar refractivity (Wildman–Crippen MR) is 106 cm³/mol. The van der Waals surface area contributed by atoms with Crippen molar-refractivity contribution >= 4 is 40.8 Å². The number of hydrogen-bond acceptors (Lipinski definition) is 6. The van der Waals surface area contributed by atoms with Gasteiger partial charge in [-0.1, -0.05) is 11.5 Å². The van der Waals surface area contributed by atoms with Crippen LogP contribution >= 0.6 is 0 Å². The third-order valence-electron chi connectivity index (χ3n) is 4.17. The largest absolute Gasteiger partial charge is 0.432 e. The fraction of sp³-hybridized carbons (Fsp3) is 0.278. The Balaban J connectivity index is 2.26. The van der Waals surface area contributed by atoms with Crippen LogP contribution in [0.3, 0.4) is 0 Å². The van der Waals surface area contributed by atoms with Gasteiger partial charge in [0.05, 0.1) is 16.2 Å². The number of sulfone groups is 1. The van der Waals surface area contributed by atoms with Gasteiger partial charge in [-0.25, -0.2) is 17.8 Å². The maximum absolute atomic E-state index is 14.1. The summed E-state index contributed by atoms with van der Waals surface area (Å²) in [5.74, 6) is -5.21. The van der Waals surface area contributed by atoms with Crippen molar-refractivity contribution in [3.63, 3.8) is 0 Å². The number of carbonyl (C=O) groups is 2. The Morgan fingerprint density at radius 1 is 1.19 bits per heavy atom. The predicted octanol–water partition coefficient (Wildman–Crippen LogP) is 0.556. The van der Waals surface area contributed by atoms with Crippen molar-refractivity contribution in [2.24, 2.45) is 0 Å². The number of nitrogens with one attached hydrogen (secondary N) is 2. The van der Waals surface area contributed by atoms with E-state index in [9.17, 15) is 40.7 Å². The van der Waals surface area contributed by atoms with Crippen LogP contribution in [0.25, 0.3) is 0 Å². The maximum Gasteiger partial charge on any atom is 0.432 e. The van der Waals surface area contributed by atoms with Gasteiger partial charge in [-0.05, 0) is 31.2 Å². The Labute approximate surface area is 181 Å². The lowest BCUT2D eigenvalue weighted by Crippen LogP contribution is -2.46. The molecule has 2 rings (SSSR count). The number of rotatable bonds is 6. The van der Waals surface area contributed by atoms with E-state index in [0.717, 1.165) is 31.2 Å². The number of benzene rings is 1. The van der Waals surface area contributed by atoms with Crippen molar-refractivity contribution in [3.05, 3.63) is 47.4 Å². The van der Waals surface area contributed by atoms with Gasteiger partial charge in [-0.2, -0.15) is 13.2 Å². The first kappa shape index (κ1) is 25.3. The fourth-order valence-corrected chi connectivity index (χ4v) is 4.14. The minimum absolute atomic E-state index is 0.425. The van der Waals surface area contributed by atoms with Gasteiger partial charge in [0.25, 0.3) is 11.8 Å². The highest BCUT2D eigenvalue weighted by molar-refractivity contribution is 7.91. The molecule has 1 aromatic heterocycles. The monoisotopic (exact) mass is 473 g/mol. The molecule has 170 valence electrons. The van der Waals surface area contributed by atoms with Crippen LogP contribution in [0.5, 0.6) is 0 Å². The number of aliphatic hydroxyl groups is 1. The molecule has 1 heterocycles. The summed E-state index contributed by atoms with van der Waals surface area (Å²) in [6.45, 7) is 0.803. The summed E-state index contributed by atoms with van der Waals surface area (Å²) in [6.07, 6.45) is -4.92. The third kappa shape index (κ3) is 5.62. The van der Waals surface area contributed by atoms with Crippen molar-refractivity contribution in [2.75, 3.05) is 18.1 Å². The van der Waals surface area contributed by atoms with E-state index in [-0.39, 0.29) is 0 Å². The van der Waals surface area contributed by atoms with Crippen molar-refractivity contribution in [1.29, 1.82) is 0 Å². The van der Waals surface area contributed by atoms with Crippen LogP contribution in [-0.2, 0) is 20.8 Å². The van der Waals surface area contributed by atoms with Crippen molar-refractivity contribution in [1.82, 2.24) is 10.3 Å². The summed E-state index contributed by atoms with van der Waals surface area (Å²) >= 11 is 0. The molecule has 0 bridgehead atoms. The van der Waals surface area contributed by atoms with Gasteiger partial charge in [-0.3, -0.25) is 9.59 Å². The summed E-state index contributed by atoms with van der Waals surface area (Å²) in [4.78, 5) is 26.4. The van der Waals surface area contributed by atoms with E-state index in [1.807, 2.05) is 5.32 Å². The van der Waals surface area contributed by atoms with Gasteiger partial charge in [-0.15, -0.1) is 0 Å². The Bertz CT molecular complexity index is 1170. The number of anilines is 1. The smallest absolute Gasteiger partial charge is 0.379 e. The van der Waals surface area contributed by atoms with Gasteiger partial charge in [0.15, 0.2) is 15.4 Å². The summed E-state index contributed by atoms with van der Waals surface area (Å²) < 4.78 is 77.9. The average molecular weight is 473 g/mol. The molecule has 0 unspecified atom stereocenters. The molecule has 0 saturated heterocycles. The minimum Gasteiger partial charge on any atom is -0.379 e. The highest BCUT2D eigenvalue weighted by Gasteiger charge is 2.38. The summed E-state index contributed by atoms with van der Waals surface area (Å²) in [6, 6.07) is 4.12. The zero-order valence-electron chi connectivity index (χ0n) is 16.6. The van der Waals surface area contributed by atoms with Gasteiger partial charge in [0.2, 0.25) is 0 Å². The van der Waals surface area contributed by atoms with Crippen LogP contribution in [0.1, 0.15) is 23.0 Å². The number of aromatic nitrogens is 1. The van der Waals surface area contributed by atoms with Gasteiger partial charge in [0.1, 0.15) is 25.2 Å². The summed E-state index contributed by atoms with van der Waals surface area (Å²) in [7, 11) is 1.99. The molecule has 0 saturated carbocycles. The molecule has 3 N–H and O–H groups in total. The van der Waals surface area contributed by atoms with Gasteiger partial charge >= 0.3 is 6.18 Å². The summed E-state index contributed by atoms with van der Waals surface area (Å²) in [5, 5.41) is 14.4. The van der Waals surface area contributed by atoms with Crippen molar-refractivity contribution < 1.29 is 40.7 Å². The van der Waals surface area contributed by atoms with E-state index < -0.39 is 72.4 Å². The van der Waals surface area contributed by atoms with Crippen molar-refractivity contribution in [2.45, 2.75) is 23.6 Å². The molecule has 8 nitrogen and oxygen atoms in total. The second-order valence-electron chi connectivity index (χ2n) is 6.84. The van der Waals surface area contributed by atoms with Crippen LogP contribution in [0, 0.1) is 5.82 Å². The van der Waals surface area contributed by atoms with Gasteiger partial charge in [0, 0.05) is 7.05 Å². The molecule has 14 heteroatoms. The fourth-order valence-electron chi connectivity index (χ4n) is 2.54. The van der Waals surface area contributed by atoms with E-state index in [1.165, 1.54) is 7.05 Å². The molecule has 2 amide bonds. The molecule has 1 atom stereocenters. The summed E-state index contributed by atoms with van der Waals surface area (Å²) in [5.41, 5.74) is -5.25. The first-order valence-corrected chi connectivity index (χ1v) is 10.4. The third-order valence-corrected chi connectivity index (χ3v) is 6.08. The van der Waals surface area contributed by atoms with Crippen molar-refractivity contribution in [3.8, 4) is 0 Å². The molecule has 0 aliphatic rings. The molecule has 32 heavy (non-hydrogen) atoms. The highest BCUT2D eigenvalue weighted by Crippen LogP contribution is 2.27. The molecular weight excluding hydrogens is 457 g/mol. The number of amides is 2. The Hall–Kier alpha value is -3.00. The Morgan fingerprint density at radius 3 is 2.34 bits per heavy atom. The van der Waals surface area contributed by atoms with E-state index in [0.29, 0.717) is 6.07 Å². The first-order chi connectivity index (χ1) is 14.6. The zero-order valence-corrected chi connectivity index (χ0v) is 17.4. The lowest BCUT2D eigenvalue weighted by atomic mass is 9.94. The quantitative estimate of drug-likeness (QED) is 0.416.